The summed E-state index contributed by atoms with van der Waals surface area (Å²) in [4.78, 5) is 1.50. The number of benzene rings is 2. The van der Waals surface area contributed by atoms with E-state index < -0.39 is 0 Å². The third-order valence-electron chi connectivity index (χ3n) is 3.17. The molecule has 0 aliphatic rings. The van der Waals surface area contributed by atoms with Crippen LogP contribution in [0.15, 0.2) is 36.4 Å². The number of phenols is 1. The van der Waals surface area contributed by atoms with Crippen LogP contribution in [0, 0.1) is 13.8 Å². The first kappa shape index (κ1) is 10.8. The predicted octanol–water partition coefficient (Wildman–Crippen LogP) is 2.74. The van der Waals surface area contributed by atoms with Crippen molar-refractivity contribution in [2.24, 2.45) is 0 Å². The van der Waals surface area contributed by atoms with Gasteiger partial charge in [-0.1, -0.05) is 18.2 Å². The van der Waals surface area contributed by atoms with E-state index >= 15 is 0 Å². The summed E-state index contributed by atoms with van der Waals surface area (Å²) in [7, 11) is 0. The molecule has 0 aliphatic carbocycles. The molecule has 0 aliphatic heterocycles. The summed E-state index contributed by atoms with van der Waals surface area (Å²) in [6.07, 6.45) is 0. The van der Waals surface area contributed by atoms with Gasteiger partial charge in [0.05, 0.1) is 0 Å². The Hall–Kier alpha value is -2.36. The first-order valence-corrected chi connectivity index (χ1v) is 5.78. The molecular formula is C14H13N3O. The van der Waals surface area contributed by atoms with Crippen LogP contribution in [-0.2, 0) is 0 Å². The van der Waals surface area contributed by atoms with E-state index in [1.165, 1.54) is 4.80 Å². The molecule has 4 nitrogen and oxygen atoms in total. The Kier molecular flexibility index (Phi) is 2.30. The lowest BCUT2D eigenvalue weighted by molar-refractivity contribution is 0.467. The summed E-state index contributed by atoms with van der Waals surface area (Å²) in [6.45, 7) is 3.96. The molecule has 0 amide bonds. The van der Waals surface area contributed by atoms with Crippen LogP contribution >= 0.6 is 0 Å². The molecule has 18 heavy (non-hydrogen) atoms. The Morgan fingerprint density at radius 1 is 0.944 bits per heavy atom. The topological polar surface area (TPSA) is 50.9 Å². The van der Waals surface area contributed by atoms with Crippen molar-refractivity contribution in [1.82, 2.24) is 15.0 Å². The van der Waals surface area contributed by atoms with Crippen molar-refractivity contribution in [3.8, 4) is 11.4 Å². The molecule has 3 rings (SSSR count). The highest BCUT2D eigenvalue weighted by Gasteiger charge is 2.12. The van der Waals surface area contributed by atoms with Gasteiger partial charge in [-0.3, -0.25) is 0 Å². The summed E-state index contributed by atoms with van der Waals surface area (Å²) >= 11 is 0. The summed E-state index contributed by atoms with van der Waals surface area (Å²) in [6, 6.07) is 11.2. The Labute approximate surface area is 104 Å². The minimum absolute atomic E-state index is 0.193. The van der Waals surface area contributed by atoms with Crippen molar-refractivity contribution in [3.63, 3.8) is 0 Å². The SMILES string of the molecule is Cc1ccc(O)c(-n2nc3ccccc3n2)c1C. The third-order valence-corrected chi connectivity index (χ3v) is 3.17. The average Bonchev–Trinajstić information content (AvgIpc) is 2.77. The van der Waals surface area contributed by atoms with E-state index in [4.69, 9.17) is 0 Å². The normalized spacial score (nSPS) is 11.0. The number of nitrogens with zero attached hydrogens (tertiary/aromatic N) is 3. The number of rotatable bonds is 1. The van der Waals surface area contributed by atoms with Crippen molar-refractivity contribution < 1.29 is 5.11 Å². The highest BCUT2D eigenvalue weighted by atomic mass is 16.3. The number of aryl methyl sites for hydroxylation is 1. The van der Waals surface area contributed by atoms with Crippen molar-refractivity contribution in [2.45, 2.75) is 13.8 Å². The quantitative estimate of drug-likeness (QED) is 0.710. The van der Waals surface area contributed by atoms with Crippen molar-refractivity contribution in [1.29, 1.82) is 0 Å². The van der Waals surface area contributed by atoms with E-state index in [1.54, 1.807) is 6.07 Å². The molecule has 1 N–H and O–H groups in total. The van der Waals surface area contributed by atoms with Crippen LogP contribution in [0.5, 0.6) is 5.75 Å². The van der Waals surface area contributed by atoms with Crippen LogP contribution in [0.2, 0.25) is 0 Å². The minimum Gasteiger partial charge on any atom is -0.506 e. The summed E-state index contributed by atoms with van der Waals surface area (Å²) < 4.78 is 0. The molecule has 3 aromatic rings. The van der Waals surface area contributed by atoms with Gasteiger partial charge in [0.2, 0.25) is 0 Å². The number of aromatic nitrogens is 3. The van der Waals surface area contributed by atoms with Crippen LogP contribution in [-0.4, -0.2) is 20.1 Å². The number of fused-ring (bicyclic) bond motifs is 1. The van der Waals surface area contributed by atoms with Crippen molar-refractivity contribution >= 4 is 11.0 Å². The molecule has 0 saturated carbocycles. The highest BCUT2D eigenvalue weighted by Crippen LogP contribution is 2.27. The maximum absolute atomic E-state index is 9.99. The van der Waals surface area contributed by atoms with Gasteiger partial charge in [0.15, 0.2) is 0 Å². The Morgan fingerprint density at radius 2 is 1.56 bits per heavy atom. The minimum atomic E-state index is 0.193. The van der Waals surface area contributed by atoms with Gasteiger partial charge in [0.1, 0.15) is 22.5 Å². The maximum atomic E-state index is 9.99. The lowest BCUT2D eigenvalue weighted by Gasteiger charge is -2.09. The molecule has 0 saturated heterocycles. The van der Waals surface area contributed by atoms with Gasteiger partial charge >= 0.3 is 0 Å². The molecule has 90 valence electrons. The van der Waals surface area contributed by atoms with E-state index in [2.05, 4.69) is 10.2 Å². The fraction of sp³-hybridized carbons (Fsp3) is 0.143. The molecule has 1 heterocycles. The van der Waals surface area contributed by atoms with E-state index in [0.717, 1.165) is 22.2 Å². The Morgan fingerprint density at radius 3 is 2.17 bits per heavy atom. The molecule has 0 unspecified atom stereocenters. The lowest BCUT2D eigenvalue weighted by atomic mass is 10.1. The largest absolute Gasteiger partial charge is 0.506 e. The molecular weight excluding hydrogens is 226 g/mol. The fourth-order valence-electron chi connectivity index (χ4n) is 2.00. The standard InChI is InChI=1S/C14H13N3O/c1-9-7-8-13(18)14(10(9)2)17-15-11-5-3-4-6-12(11)16-17/h3-8,18H,1-2H3. The third kappa shape index (κ3) is 1.54. The predicted molar refractivity (Wildman–Crippen MR) is 70.0 cm³/mol. The smallest absolute Gasteiger partial charge is 0.143 e. The van der Waals surface area contributed by atoms with E-state index in [9.17, 15) is 5.11 Å². The maximum Gasteiger partial charge on any atom is 0.143 e. The molecule has 0 spiro atoms. The van der Waals surface area contributed by atoms with Gasteiger partial charge in [-0.05, 0) is 43.2 Å². The highest BCUT2D eigenvalue weighted by molar-refractivity contribution is 5.73. The monoisotopic (exact) mass is 239 g/mol. The molecule has 2 aromatic carbocycles. The first-order valence-electron chi connectivity index (χ1n) is 5.78. The van der Waals surface area contributed by atoms with Gasteiger partial charge in [-0.25, -0.2) is 0 Å². The molecule has 0 atom stereocenters. The average molecular weight is 239 g/mol. The summed E-state index contributed by atoms with van der Waals surface area (Å²) in [5.41, 5.74) is 4.36. The molecule has 4 heteroatoms. The fourth-order valence-corrected chi connectivity index (χ4v) is 2.00. The van der Waals surface area contributed by atoms with Gasteiger partial charge in [0, 0.05) is 0 Å². The molecule has 0 fully saturated rings. The lowest BCUT2D eigenvalue weighted by Crippen LogP contribution is -2.02. The van der Waals surface area contributed by atoms with Gasteiger partial charge in [-0.15, -0.1) is 15.0 Å². The van der Waals surface area contributed by atoms with Crippen LogP contribution in [0.25, 0.3) is 16.7 Å². The number of hydrogen-bond acceptors (Lipinski definition) is 3. The molecule has 0 radical (unpaired) electrons. The van der Waals surface area contributed by atoms with Gasteiger partial charge in [0.25, 0.3) is 0 Å². The van der Waals surface area contributed by atoms with Crippen LogP contribution in [0.3, 0.4) is 0 Å². The molecule has 1 aromatic heterocycles. The number of phenolic OH excluding ortho intramolecular Hbond substituents is 1. The second kappa shape index (κ2) is 3.84. The second-order valence-electron chi connectivity index (χ2n) is 4.35. The first-order chi connectivity index (χ1) is 8.66. The van der Waals surface area contributed by atoms with Crippen LogP contribution in [0.1, 0.15) is 11.1 Å². The van der Waals surface area contributed by atoms with E-state index in [0.29, 0.717) is 5.69 Å². The Bertz CT molecular complexity index is 698. The van der Waals surface area contributed by atoms with E-state index in [-0.39, 0.29) is 5.75 Å². The van der Waals surface area contributed by atoms with E-state index in [1.807, 2.05) is 44.2 Å². The zero-order valence-corrected chi connectivity index (χ0v) is 10.3. The van der Waals surface area contributed by atoms with Crippen molar-refractivity contribution in [2.75, 3.05) is 0 Å². The second-order valence-corrected chi connectivity index (χ2v) is 4.35. The zero-order chi connectivity index (χ0) is 12.7. The number of aromatic hydroxyl groups is 1. The zero-order valence-electron chi connectivity index (χ0n) is 10.3. The number of hydrogen-bond donors (Lipinski definition) is 1. The molecule has 0 bridgehead atoms. The van der Waals surface area contributed by atoms with Crippen LogP contribution in [0.4, 0.5) is 0 Å². The van der Waals surface area contributed by atoms with Crippen LogP contribution < -0.4 is 0 Å². The van der Waals surface area contributed by atoms with Gasteiger partial charge in [-0.2, -0.15) is 0 Å². The Balaban J connectivity index is 2.29. The summed E-state index contributed by atoms with van der Waals surface area (Å²) in [5.74, 6) is 0.193. The van der Waals surface area contributed by atoms with Crippen molar-refractivity contribution in [3.05, 3.63) is 47.5 Å². The summed E-state index contributed by atoms with van der Waals surface area (Å²) in [5, 5.41) is 18.8. The van der Waals surface area contributed by atoms with Gasteiger partial charge < -0.3 is 5.11 Å².